The van der Waals surface area contributed by atoms with Crippen molar-refractivity contribution in [1.82, 2.24) is 9.97 Å². The first kappa shape index (κ1) is 18.5. The summed E-state index contributed by atoms with van der Waals surface area (Å²) in [7, 11) is 1.55. The van der Waals surface area contributed by atoms with Crippen LogP contribution in [0.15, 0.2) is 47.5 Å². The number of aryl methyl sites for hydroxylation is 1. The molecule has 0 aliphatic rings. The van der Waals surface area contributed by atoms with Gasteiger partial charge in [-0.3, -0.25) is 4.79 Å². The van der Waals surface area contributed by atoms with Crippen LogP contribution in [0.25, 0.3) is 10.9 Å². The highest BCUT2D eigenvalue weighted by Crippen LogP contribution is 2.31. The van der Waals surface area contributed by atoms with Gasteiger partial charge < -0.3 is 10.1 Å². The molecule has 0 saturated carbocycles. The van der Waals surface area contributed by atoms with E-state index in [0.717, 1.165) is 15.9 Å². The number of rotatable bonds is 5. The maximum atomic E-state index is 12.6. The number of aromatic nitrogens is 2. The van der Waals surface area contributed by atoms with E-state index in [1.165, 1.54) is 11.8 Å². The summed E-state index contributed by atoms with van der Waals surface area (Å²) >= 11 is 7.42. The maximum Gasteiger partial charge on any atom is 0.237 e. The predicted octanol–water partition coefficient (Wildman–Crippen LogP) is 4.72. The Bertz CT molecular complexity index is 965. The number of ether oxygens (including phenoxy) is 1. The van der Waals surface area contributed by atoms with Gasteiger partial charge in [0.25, 0.3) is 0 Å². The van der Waals surface area contributed by atoms with E-state index in [4.69, 9.17) is 16.3 Å². The molecule has 1 atom stereocenters. The van der Waals surface area contributed by atoms with Gasteiger partial charge in [-0.2, -0.15) is 0 Å². The molecule has 0 bridgehead atoms. The molecule has 3 aromatic rings. The molecule has 1 amide bonds. The monoisotopic (exact) mass is 387 g/mol. The average molecular weight is 388 g/mol. The fourth-order valence-electron chi connectivity index (χ4n) is 2.48. The Morgan fingerprint density at radius 1 is 1.23 bits per heavy atom. The second-order valence-electron chi connectivity index (χ2n) is 5.69. The van der Waals surface area contributed by atoms with Crippen LogP contribution in [0, 0.1) is 6.92 Å². The molecule has 3 rings (SSSR count). The van der Waals surface area contributed by atoms with Crippen LogP contribution < -0.4 is 10.1 Å². The molecule has 0 saturated heterocycles. The van der Waals surface area contributed by atoms with E-state index in [1.807, 2.05) is 38.1 Å². The van der Waals surface area contributed by atoms with Gasteiger partial charge >= 0.3 is 0 Å². The molecule has 134 valence electrons. The Morgan fingerprint density at radius 3 is 2.77 bits per heavy atom. The topological polar surface area (TPSA) is 64.1 Å². The summed E-state index contributed by atoms with van der Waals surface area (Å²) in [6.45, 7) is 3.68. The second kappa shape index (κ2) is 7.93. The number of anilines is 1. The van der Waals surface area contributed by atoms with Gasteiger partial charge in [0, 0.05) is 10.4 Å². The third kappa shape index (κ3) is 4.08. The van der Waals surface area contributed by atoms with Crippen LogP contribution >= 0.6 is 23.4 Å². The minimum Gasteiger partial charge on any atom is -0.495 e. The lowest BCUT2D eigenvalue weighted by molar-refractivity contribution is -0.115. The fraction of sp³-hybridized carbons (Fsp3) is 0.211. The smallest absolute Gasteiger partial charge is 0.237 e. The standard InChI is InChI=1S/C19H18ClN3O2S/c1-11(18(24)23-16-10-13(20)8-9-17(16)25-3)26-19-14-6-4-5-7-15(14)21-12(2)22-19/h4-11H,1-3H3,(H,23,24)/t11-/m1/s1. The van der Waals surface area contributed by atoms with Gasteiger partial charge in [-0.1, -0.05) is 41.6 Å². The molecular weight excluding hydrogens is 370 g/mol. The number of thioether (sulfide) groups is 1. The van der Waals surface area contributed by atoms with Crippen LogP contribution in [-0.4, -0.2) is 28.2 Å². The summed E-state index contributed by atoms with van der Waals surface area (Å²) in [6.07, 6.45) is 0. The number of benzene rings is 2. The Balaban J connectivity index is 1.81. The molecule has 0 aliphatic carbocycles. The highest BCUT2D eigenvalue weighted by molar-refractivity contribution is 8.00. The van der Waals surface area contributed by atoms with Crippen LogP contribution in [-0.2, 0) is 4.79 Å². The summed E-state index contributed by atoms with van der Waals surface area (Å²) in [5.74, 6) is 1.08. The van der Waals surface area contributed by atoms with Gasteiger partial charge in [0.1, 0.15) is 16.6 Å². The summed E-state index contributed by atoms with van der Waals surface area (Å²) in [5.41, 5.74) is 1.41. The van der Waals surface area contributed by atoms with E-state index in [9.17, 15) is 4.79 Å². The van der Waals surface area contributed by atoms with Gasteiger partial charge in [-0.05, 0) is 38.1 Å². The molecule has 7 heteroatoms. The first-order chi connectivity index (χ1) is 12.5. The highest BCUT2D eigenvalue weighted by Gasteiger charge is 2.19. The second-order valence-corrected chi connectivity index (χ2v) is 7.45. The van der Waals surface area contributed by atoms with E-state index in [1.54, 1.807) is 25.3 Å². The third-order valence-electron chi connectivity index (χ3n) is 3.76. The van der Waals surface area contributed by atoms with Crippen molar-refractivity contribution in [3.8, 4) is 5.75 Å². The molecule has 0 radical (unpaired) electrons. The minimum atomic E-state index is -0.364. The lowest BCUT2D eigenvalue weighted by Crippen LogP contribution is -2.23. The van der Waals surface area contributed by atoms with Gasteiger partial charge in [-0.25, -0.2) is 9.97 Å². The number of hydrogen-bond acceptors (Lipinski definition) is 5. The Labute approximate surface area is 161 Å². The number of hydrogen-bond donors (Lipinski definition) is 1. The summed E-state index contributed by atoms with van der Waals surface area (Å²) < 4.78 is 5.27. The van der Waals surface area contributed by atoms with E-state index < -0.39 is 0 Å². The van der Waals surface area contributed by atoms with Gasteiger partial charge in [0.05, 0.1) is 23.6 Å². The molecule has 26 heavy (non-hydrogen) atoms. The molecule has 5 nitrogen and oxygen atoms in total. The first-order valence-corrected chi connectivity index (χ1v) is 9.28. The number of halogens is 1. The summed E-state index contributed by atoms with van der Waals surface area (Å²) in [4.78, 5) is 21.6. The Hall–Kier alpha value is -2.31. The molecule has 0 unspecified atom stereocenters. The molecule has 1 aromatic heterocycles. The highest BCUT2D eigenvalue weighted by atomic mass is 35.5. The molecular formula is C19H18ClN3O2S. The fourth-order valence-corrected chi connectivity index (χ4v) is 3.64. The number of carbonyl (C=O) groups excluding carboxylic acids is 1. The largest absolute Gasteiger partial charge is 0.495 e. The van der Waals surface area contributed by atoms with E-state index in [2.05, 4.69) is 15.3 Å². The zero-order valence-corrected chi connectivity index (χ0v) is 16.2. The van der Waals surface area contributed by atoms with Crippen LogP contribution in [0.2, 0.25) is 5.02 Å². The molecule has 1 heterocycles. The first-order valence-electron chi connectivity index (χ1n) is 8.02. The number of nitrogens with zero attached hydrogens (tertiary/aromatic N) is 2. The lowest BCUT2D eigenvalue weighted by atomic mass is 10.2. The zero-order chi connectivity index (χ0) is 18.7. The van der Waals surface area contributed by atoms with Crippen molar-refractivity contribution < 1.29 is 9.53 Å². The van der Waals surface area contributed by atoms with Crippen molar-refractivity contribution in [2.45, 2.75) is 24.1 Å². The van der Waals surface area contributed by atoms with E-state index >= 15 is 0 Å². The predicted molar refractivity (Wildman–Crippen MR) is 106 cm³/mol. The number of fused-ring (bicyclic) bond motifs is 1. The van der Waals surface area contributed by atoms with Crippen molar-refractivity contribution in [3.63, 3.8) is 0 Å². The lowest BCUT2D eigenvalue weighted by Gasteiger charge is -2.15. The van der Waals surface area contributed by atoms with Crippen molar-refractivity contribution in [1.29, 1.82) is 0 Å². The number of nitrogens with one attached hydrogen (secondary N) is 1. The molecule has 2 aromatic carbocycles. The minimum absolute atomic E-state index is 0.157. The number of amides is 1. The number of para-hydroxylation sites is 1. The van der Waals surface area contributed by atoms with Gasteiger partial charge in [-0.15, -0.1) is 0 Å². The summed E-state index contributed by atoms with van der Waals surface area (Å²) in [5, 5.41) is 4.75. The van der Waals surface area contributed by atoms with Gasteiger partial charge in [0.15, 0.2) is 0 Å². The van der Waals surface area contributed by atoms with Crippen LogP contribution in [0.1, 0.15) is 12.7 Å². The van der Waals surface area contributed by atoms with Crippen molar-refractivity contribution in [2.75, 3.05) is 12.4 Å². The number of methoxy groups -OCH3 is 1. The van der Waals surface area contributed by atoms with Crippen LogP contribution in [0.5, 0.6) is 5.75 Å². The normalized spacial score (nSPS) is 12.0. The third-order valence-corrected chi connectivity index (χ3v) is 5.09. The molecule has 0 aliphatic heterocycles. The van der Waals surface area contributed by atoms with Crippen LogP contribution in [0.4, 0.5) is 5.69 Å². The molecule has 0 spiro atoms. The maximum absolute atomic E-state index is 12.6. The van der Waals surface area contributed by atoms with Crippen molar-refractivity contribution in [3.05, 3.63) is 53.3 Å². The Kier molecular flexibility index (Phi) is 5.64. The van der Waals surface area contributed by atoms with Crippen LogP contribution in [0.3, 0.4) is 0 Å². The van der Waals surface area contributed by atoms with E-state index in [0.29, 0.717) is 22.3 Å². The SMILES string of the molecule is COc1ccc(Cl)cc1NC(=O)[C@@H](C)Sc1nc(C)nc2ccccc12. The quantitative estimate of drug-likeness (QED) is 0.507. The average Bonchev–Trinajstić information content (AvgIpc) is 2.61. The Morgan fingerprint density at radius 2 is 2.00 bits per heavy atom. The zero-order valence-electron chi connectivity index (χ0n) is 14.6. The number of carbonyl (C=O) groups is 1. The molecule has 1 N–H and O–H groups in total. The van der Waals surface area contributed by atoms with Gasteiger partial charge in [0.2, 0.25) is 5.91 Å². The van der Waals surface area contributed by atoms with Crippen molar-refractivity contribution in [2.24, 2.45) is 0 Å². The molecule has 0 fully saturated rings. The van der Waals surface area contributed by atoms with Crippen molar-refractivity contribution >= 4 is 45.9 Å². The van der Waals surface area contributed by atoms with E-state index in [-0.39, 0.29) is 11.2 Å². The summed E-state index contributed by atoms with van der Waals surface area (Å²) in [6, 6.07) is 12.9.